The molecule has 1 fully saturated rings. The van der Waals surface area contributed by atoms with E-state index in [1.54, 1.807) is 10.9 Å². The van der Waals surface area contributed by atoms with Crippen LogP contribution in [0, 0.1) is 13.8 Å². The molecule has 5 rings (SSSR count). The summed E-state index contributed by atoms with van der Waals surface area (Å²) in [5, 5.41) is 4.25. The molecule has 172 valence electrons. The largest absolute Gasteiger partial charge is 0.352 e. The highest BCUT2D eigenvalue weighted by Crippen LogP contribution is 2.32. The molecule has 0 bridgehead atoms. The van der Waals surface area contributed by atoms with Crippen molar-refractivity contribution in [1.29, 1.82) is 0 Å². The number of aryl methyl sites for hydroxylation is 2. The third-order valence-electron chi connectivity index (χ3n) is 7.12. The lowest BCUT2D eigenvalue weighted by atomic mass is 9.95. The van der Waals surface area contributed by atoms with Crippen LogP contribution in [0.25, 0.3) is 0 Å². The van der Waals surface area contributed by atoms with Gasteiger partial charge in [-0.25, -0.2) is 9.97 Å². The van der Waals surface area contributed by atoms with Crippen LogP contribution >= 0.6 is 0 Å². The van der Waals surface area contributed by atoms with Crippen molar-refractivity contribution in [1.82, 2.24) is 24.6 Å². The zero-order chi connectivity index (χ0) is 22.9. The van der Waals surface area contributed by atoms with Crippen LogP contribution in [0.4, 0.5) is 5.82 Å². The summed E-state index contributed by atoms with van der Waals surface area (Å²) in [4.78, 5) is 27.6. The maximum atomic E-state index is 13.2. The fourth-order valence-electron chi connectivity index (χ4n) is 5.10. The standard InChI is InChI=1S/C26H32N6O/c1-18-22-12-8-13-31(16-20-9-5-4-6-10-20)25(22)29-24(28-18)21-11-7-14-32(17-21)26(33)23-15-27-30(3)19(23)2/h4-6,9-10,15,21H,7-8,11-14,16-17H2,1-3H3. The minimum atomic E-state index is 0.0608. The van der Waals surface area contributed by atoms with Crippen molar-refractivity contribution in [2.24, 2.45) is 7.05 Å². The SMILES string of the molecule is Cc1nc(C2CCCN(C(=O)c3cnn(C)c3C)C2)nc2c1CCCN2Cc1ccccc1. The Bertz CT molecular complexity index is 1160. The molecule has 0 N–H and O–H groups in total. The lowest BCUT2D eigenvalue weighted by Crippen LogP contribution is -2.40. The molecule has 0 spiro atoms. The zero-order valence-electron chi connectivity index (χ0n) is 19.8. The van der Waals surface area contributed by atoms with Gasteiger partial charge < -0.3 is 9.80 Å². The van der Waals surface area contributed by atoms with E-state index in [1.165, 1.54) is 11.1 Å². The summed E-state index contributed by atoms with van der Waals surface area (Å²) < 4.78 is 1.76. The number of likely N-dealkylation sites (tertiary alicyclic amines) is 1. The molecule has 2 aliphatic heterocycles. The average molecular weight is 445 g/mol. The molecule has 2 aromatic heterocycles. The summed E-state index contributed by atoms with van der Waals surface area (Å²) >= 11 is 0. The molecule has 2 aliphatic rings. The van der Waals surface area contributed by atoms with Crippen molar-refractivity contribution in [3.05, 3.63) is 70.4 Å². The molecule has 33 heavy (non-hydrogen) atoms. The molecule has 1 unspecified atom stereocenters. The number of nitrogens with zero attached hydrogens (tertiary/aromatic N) is 6. The third kappa shape index (κ3) is 4.24. The van der Waals surface area contributed by atoms with Crippen LogP contribution in [-0.2, 0) is 20.0 Å². The van der Waals surface area contributed by atoms with Crippen molar-refractivity contribution < 1.29 is 4.79 Å². The molecule has 0 saturated carbocycles. The maximum absolute atomic E-state index is 13.2. The van der Waals surface area contributed by atoms with Crippen LogP contribution in [0.2, 0.25) is 0 Å². The lowest BCUT2D eigenvalue weighted by Gasteiger charge is -2.34. The van der Waals surface area contributed by atoms with E-state index in [4.69, 9.17) is 9.97 Å². The van der Waals surface area contributed by atoms with Crippen molar-refractivity contribution in [3.8, 4) is 0 Å². The molecule has 1 amide bonds. The number of amides is 1. The molecule has 0 radical (unpaired) electrons. The summed E-state index contributed by atoms with van der Waals surface area (Å²) in [7, 11) is 1.87. The number of rotatable bonds is 4. The normalized spacial score (nSPS) is 18.3. The van der Waals surface area contributed by atoms with Crippen molar-refractivity contribution in [3.63, 3.8) is 0 Å². The predicted molar refractivity (Wildman–Crippen MR) is 128 cm³/mol. The Morgan fingerprint density at radius 3 is 2.67 bits per heavy atom. The second-order valence-corrected chi connectivity index (χ2v) is 9.34. The van der Waals surface area contributed by atoms with Crippen LogP contribution < -0.4 is 4.90 Å². The molecule has 0 aliphatic carbocycles. The number of anilines is 1. The summed E-state index contributed by atoms with van der Waals surface area (Å²) in [5.74, 6) is 2.18. The van der Waals surface area contributed by atoms with Crippen molar-refractivity contribution in [2.75, 3.05) is 24.5 Å². The van der Waals surface area contributed by atoms with E-state index in [1.807, 2.05) is 18.9 Å². The number of carbonyl (C=O) groups is 1. The van der Waals surface area contributed by atoms with Crippen molar-refractivity contribution in [2.45, 2.75) is 52.0 Å². The Balaban J connectivity index is 1.40. The summed E-state index contributed by atoms with van der Waals surface area (Å²) in [6.45, 7) is 7.35. The van der Waals surface area contributed by atoms with Gasteiger partial charge in [0.1, 0.15) is 11.6 Å². The summed E-state index contributed by atoms with van der Waals surface area (Å²) in [6.07, 6.45) is 5.81. The molecule has 3 aromatic rings. The van der Waals surface area contributed by atoms with Gasteiger partial charge in [0.2, 0.25) is 0 Å². The molecular formula is C26H32N6O. The average Bonchev–Trinajstić information content (AvgIpc) is 3.18. The lowest BCUT2D eigenvalue weighted by molar-refractivity contribution is 0.0703. The summed E-state index contributed by atoms with van der Waals surface area (Å²) in [6, 6.07) is 10.6. The van der Waals surface area contributed by atoms with Gasteiger partial charge in [-0.3, -0.25) is 9.48 Å². The zero-order valence-corrected chi connectivity index (χ0v) is 19.8. The monoisotopic (exact) mass is 444 g/mol. The van der Waals surface area contributed by atoms with E-state index in [2.05, 4.69) is 47.3 Å². The van der Waals surface area contributed by atoms with Crippen LogP contribution in [0.3, 0.4) is 0 Å². The minimum Gasteiger partial charge on any atom is -0.352 e. The van der Waals surface area contributed by atoms with E-state index >= 15 is 0 Å². The molecule has 1 saturated heterocycles. The molecule has 4 heterocycles. The smallest absolute Gasteiger partial charge is 0.257 e. The molecule has 1 atom stereocenters. The Labute approximate surface area is 195 Å². The number of carbonyl (C=O) groups excluding carboxylic acids is 1. The van der Waals surface area contributed by atoms with Crippen molar-refractivity contribution >= 4 is 11.7 Å². The Hall–Kier alpha value is -3.22. The predicted octanol–water partition coefficient (Wildman–Crippen LogP) is 3.80. The van der Waals surface area contributed by atoms with Crippen LogP contribution in [0.15, 0.2) is 36.5 Å². The fourth-order valence-corrected chi connectivity index (χ4v) is 5.10. The Kier molecular flexibility index (Phi) is 5.87. The van der Waals surface area contributed by atoms with E-state index in [-0.39, 0.29) is 11.8 Å². The van der Waals surface area contributed by atoms with Gasteiger partial charge in [-0.2, -0.15) is 5.10 Å². The number of hydrogen-bond acceptors (Lipinski definition) is 5. The van der Waals surface area contributed by atoms with E-state index in [0.29, 0.717) is 12.1 Å². The highest BCUT2D eigenvalue weighted by Gasteiger charge is 2.30. The second-order valence-electron chi connectivity index (χ2n) is 9.34. The van der Waals surface area contributed by atoms with Gasteiger partial charge >= 0.3 is 0 Å². The molecule has 7 nitrogen and oxygen atoms in total. The molecular weight excluding hydrogens is 412 g/mol. The maximum Gasteiger partial charge on any atom is 0.257 e. The number of piperidine rings is 1. The van der Waals surface area contributed by atoms with Gasteiger partial charge in [0.05, 0.1) is 11.8 Å². The second kappa shape index (κ2) is 8.96. The molecule has 7 heteroatoms. The quantitative estimate of drug-likeness (QED) is 0.612. The van der Waals surface area contributed by atoms with Gasteiger partial charge in [0.25, 0.3) is 5.91 Å². The number of fused-ring (bicyclic) bond motifs is 1. The number of aromatic nitrogens is 4. The Morgan fingerprint density at radius 1 is 1.09 bits per heavy atom. The number of benzene rings is 1. The molecule has 1 aromatic carbocycles. The first-order valence-electron chi connectivity index (χ1n) is 12.0. The van der Waals surface area contributed by atoms with Gasteiger partial charge in [-0.1, -0.05) is 30.3 Å². The van der Waals surface area contributed by atoms with E-state index in [0.717, 1.165) is 68.3 Å². The highest BCUT2D eigenvalue weighted by atomic mass is 16.2. The first-order valence-corrected chi connectivity index (χ1v) is 12.0. The van der Waals surface area contributed by atoms with Gasteiger partial charge in [0, 0.05) is 56.1 Å². The van der Waals surface area contributed by atoms with Gasteiger partial charge in [-0.05, 0) is 45.1 Å². The Morgan fingerprint density at radius 2 is 1.91 bits per heavy atom. The summed E-state index contributed by atoms with van der Waals surface area (Å²) in [5.41, 5.74) is 5.24. The third-order valence-corrected chi connectivity index (χ3v) is 7.12. The first-order chi connectivity index (χ1) is 16.0. The van der Waals surface area contributed by atoms with Crippen LogP contribution in [0.1, 0.15) is 63.9 Å². The van der Waals surface area contributed by atoms with Gasteiger partial charge in [-0.15, -0.1) is 0 Å². The fraction of sp³-hybridized carbons (Fsp3) is 0.462. The van der Waals surface area contributed by atoms with Gasteiger partial charge in [0.15, 0.2) is 0 Å². The minimum absolute atomic E-state index is 0.0608. The highest BCUT2D eigenvalue weighted by molar-refractivity contribution is 5.95. The topological polar surface area (TPSA) is 67.2 Å². The van der Waals surface area contributed by atoms with E-state index < -0.39 is 0 Å². The van der Waals surface area contributed by atoms with Crippen LogP contribution in [0.5, 0.6) is 0 Å². The van der Waals surface area contributed by atoms with E-state index in [9.17, 15) is 4.79 Å². The van der Waals surface area contributed by atoms with Crippen LogP contribution in [-0.4, -0.2) is 50.2 Å². The number of hydrogen-bond donors (Lipinski definition) is 0. The first kappa shape index (κ1) is 21.6.